The Morgan fingerprint density at radius 1 is 1.07 bits per heavy atom. The number of hydrogen-bond acceptors (Lipinski definition) is 8. The van der Waals surface area contributed by atoms with Crippen molar-refractivity contribution in [3.63, 3.8) is 0 Å². The van der Waals surface area contributed by atoms with Crippen molar-refractivity contribution in [3.8, 4) is 5.82 Å². The molecule has 1 fully saturated rings. The molecule has 5 rings (SSSR count). The topological polar surface area (TPSA) is 123 Å². The van der Waals surface area contributed by atoms with E-state index in [1.165, 1.54) is 12.4 Å². The number of nitrogens with zero attached hydrogens (tertiary/aromatic N) is 5. The zero-order valence-corrected chi connectivity index (χ0v) is 21.6. The lowest BCUT2D eigenvalue weighted by molar-refractivity contribution is -0.137. The van der Waals surface area contributed by atoms with Crippen molar-refractivity contribution < 1.29 is 22.7 Å². The second-order valence-electron chi connectivity index (χ2n) is 9.34. The van der Waals surface area contributed by atoms with E-state index >= 15 is 0 Å². The predicted octanol–water partition coefficient (Wildman–Crippen LogP) is 4.40. The van der Waals surface area contributed by atoms with Gasteiger partial charge in [-0.05, 0) is 48.4 Å². The van der Waals surface area contributed by atoms with Gasteiger partial charge in [0.2, 0.25) is 5.95 Å². The number of nitrogens with one attached hydrogen (secondary N) is 2. The number of nitrogens with two attached hydrogens (primary N) is 1. The number of nitrogen functional groups attached to an aromatic ring is 1. The lowest BCUT2D eigenvalue weighted by Gasteiger charge is -2.27. The number of carbonyl (C=O) groups excluding carboxylic acids is 1. The van der Waals surface area contributed by atoms with Gasteiger partial charge in [0.25, 0.3) is 5.91 Å². The van der Waals surface area contributed by atoms with Crippen LogP contribution in [0, 0.1) is 6.92 Å². The molecule has 0 spiro atoms. The highest BCUT2D eigenvalue weighted by atomic mass is 19.4. The Bertz CT molecular complexity index is 1520. The van der Waals surface area contributed by atoms with Crippen LogP contribution in [0.15, 0.2) is 61.2 Å². The Hall–Kier alpha value is -4.49. The first-order valence-corrected chi connectivity index (χ1v) is 12.5. The lowest BCUT2D eigenvalue weighted by atomic mass is 10.0. The van der Waals surface area contributed by atoms with E-state index in [2.05, 4.69) is 25.6 Å². The molecule has 0 radical (unpaired) electrons. The number of halogens is 3. The maximum Gasteiger partial charge on any atom is 0.416 e. The maximum absolute atomic E-state index is 13.7. The minimum atomic E-state index is -4.59. The van der Waals surface area contributed by atoms with Crippen LogP contribution in [0.25, 0.3) is 5.82 Å². The molecular weight excluding hydrogens is 525 g/mol. The van der Waals surface area contributed by atoms with E-state index in [0.717, 1.165) is 17.7 Å². The molecule has 1 amide bonds. The van der Waals surface area contributed by atoms with Gasteiger partial charge < -0.3 is 21.1 Å². The van der Waals surface area contributed by atoms with Crippen LogP contribution in [0.5, 0.6) is 0 Å². The second-order valence-corrected chi connectivity index (χ2v) is 9.34. The summed E-state index contributed by atoms with van der Waals surface area (Å²) in [6, 6.07) is 10.2. The zero-order valence-electron chi connectivity index (χ0n) is 21.6. The zero-order chi connectivity index (χ0) is 28.3. The Morgan fingerprint density at radius 3 is 2.62 bits per heavy atom. The van der Waals surface area contributed by atoms with E-state index in [4.69, 9.17) is 10.5 Å². The van der Waals surface area contributed by atoms with Gasteiger partial charge in [0.1, 0.15) is 18.0 Å². The summed E-state index contributed by atoms with van der Waals surface area (Å²) in [7, 11) is 0. The average Bonchev–Trinajstić information content (AvgIpc) is 3.39. The molecule has 0 aliphatic carbocycles. The highest BCUT2D eigenvalue weighted by molar-refractivity contribution is 6.04. The van der Waals surface area contributed by atoms with Crippen LogP contribution < -0.4 is 16.4 Å². The lowest BCUT2D eigenvalue weighted by Crippen LogP contribution is -2.35. The molecule has 1 aliphatic rings. The van der Waals surface area contributed by atoms with Gasteiger partial charge in [0.15, 0.2) is 0 Å². The number of rotatable bonds is 7. The molecule has 0 unspecified atom stereocenters. The largest absolute Gasteiger partial charge is 0.416 e. The van der Waals surface area contributed by atoms with Gasteiger partial charge in [-0.25, -0.2) is 15.0 Å². The number of aryl methyl sites for hydroxylation is 1. The third-order valence-corrected chi connectivity index (χ3v) is 6.40. The maximum atomic E-state index is 13.7. The summed E-state index contributed by atoms with van der Waals surface area (Å²) in [6.07, 6.45) is 0.0419. The Morgan fingerprint density at radius 2 is 1.88 bits per heavy atom. The molecule has 40 heavy (non-hydrogen) atoms. The molecule has 13 heteroatoms. The molecule has 1 aliphatic heterocycles. The van der Waals surface area contributed by atoms with Gasteiger partial charge >= 0.3 is 6.18 Å². The highest BCUT2D eigenvalue weighted by Crippen LogP contribution is 2.32. The van der Waals surface area contributed by atoms with Crippen LogP contribution in [-0.2, 0) is 17.5 Å². The molecule has 10 nitrogen and oxygen atoms in total. The van der Waals surface area contributed by atoms with Crippen LogP contribution in [0.2, 0.25) is 0 Å². The van der Waals surface area contributed by atoms with Gasteiger partial charge in [-0.2, -0.15) is 13.2 Å². The monoisotopic (exact) mass is 552 g/mol. The summed E-state index contributed by atoms with van der Waals surface area (Å²) < 4.78 is 48.0. The van der Waals surface area contributed by atoms with Crippen LogP contribution in [-0.4, -0.2) is 56.6 Å². The Labute approximate surface area is 228 Å². The number of carbonyl (C=O) groups is 1. The summed E-state index contributed by atoms with van der Waals surface area (Å²) in [5, 5.41) is 5.94. The van der Waals surface area contributed by atoms with E-state index in [9.17, 15) is 18.0 Å². The minimum absolute atomic E-state index is 0.0786. The number of imidazole rings is 1. The van der Waals surface area contributed by atoms with Gasteiger partial charge in [0.05, 0.1) is 18.8 Å². The van der Waals surface area contributed by atoms with E-state index in [1.807, 2.05) is 11.8 Å². The third-order valence-electron chi connectivity index (χ3n) is 6.40. The fraction of sp³-hybridized carbons (Fsp3) is 0.259. The highest BCUT2D eigenvalue weighted by Gasteiger charge is 2.32. The van der Waals surface area contributed by atoms with Gasteiger partial charge in [0, 0.05) is 55.0 Å². The number of alkyl halides is 3. The van der Waals surface area contributed by atoms with Crippen LogP contribution in [0.3, 0.4) is 0 Å². The molecule has 208 valence electrons. The predicted molar refractivity (Wildman–Crippen MR) is 144 cm³/mol. The molecule has 2 aromatic heterocycles. The van der Waals surface area contributed by atoms with Crippen molar-refractivity contribution in [2.45, 2.75) is 19.6 Å². The van der Waals surface area contributed by atoms with Gasteiger partial charge in [-0.3, -0.25) is 14.3 Å². The summed E-state index contributed by atoms with van der Waals surface area (Å²) in [4.78, 5) is 27.6. The third kappa shape index (κ3) is 6.38. The van der Waals surface area contributed by atoms with Crippen molar-refractivity contribution in [1.29, 1.82) is 0 Å². The first kappa shape index (κ1) is 27.1. The van der Waals surface area contributed by atoms with Crippen molar-refractivity contribution in [2.24, 2.45) is 0 Å². The van der Waals surface area contributed by atoms with E-state index in [-0.39, 0.29) is 12.1 Å². The number of anilines is 4. The molecule has 4 N–H and O–H groups in total. The molecule has 0 bridgehead atoms. The average molecular weight is 553 g/mol. The van der Waals surface area contributed by atoms with Crippen LogP contribution >= 0.6 is 0 Å². The quantitative estimate of drug-likeness (QED) is 0.308. The van der Waals surface area contributed by atoms with Crippen LogP contribution in [0.1, 0.15) is 27.0 Å². The molecule has 1 saturated heterocycles. The molecule has 0 saturated carbocycles. The Balaban J connectivity index is 1.37. The fourth-order valence-electron chi connectivity index (χ4n) is 4.33. The number of ether oxygens (including phenoxy) is 1. The normalized spacial score (nSPS) is 14.2. The van der Waals surface area contributed by atoms with E-state index in [0.29, 0.717) is 60.8 Å². The molecule has 3 heterocycles. The fourth-order valence-corrected chi connectivity index (χ4v) is 4.33. The number of amides is 1. The summed E-state index contributed by atoms with van der Waals surface area (Å²) in [5.74, 6) is 0.595. The van der Waals surface area contributed by atoms with E-state index in [1.54, 1.807) is 41.2 Å². The number of morpholine rings is 1. The Kier molecular flexibility index (Phi) is 7.67. The van der Waals surface area contributed by atoms with Crippen molar-refractivity contribution >= 4 is 29.0 Å². The van der Waals surface area contributed by atoms with Gasteiger partial charge in [-0.1, -0.05) is 6.07 Å². The summed E-state index contributed by atoms with van der Waals surface area (Å²) >= 11 is 0. The molecule has 2 aromatic carbocycles. The molecule has 4 aromatic rings. The first-order chi connectivity index (χ1) is 19.2. The van der Waals surface area contributed by atoms with Crippen molar-refractivity contribution in [3.05, 3.63) is 83.4 Å². The van der Waals surface area contributed by atoms with Gasteiger partial charge in [-0.15, -0.1) is 0 Å². The summed E-state index contributed by atoms with van der Waals surface area (Å²) in [6.45, 7) is 4.41. The van der Waals surface area contributed by atoms with Crippen LogP contribution in [0.4, 0.5) is 36.3 Å². The minimum Gasteiger partial charge on any atom is -0.384 e. The number of hydrogen-bond donors (Lipinski definition) is 3. The SMILES string of the molecule is Cc1ccc(NC(=O)c2cc(CN3CCOCC3)cc(C(F)(F)F)c2)cc1Nc1nccn1-c1cc(N)ncn1. The molecule has 0 atom stereocenters. The summed E-state index contributed by atoms with van der Waals surface area (Å²) in [5.41, 5.74) is 7.12. The number of aromatic nitrogens is 4. The smallest absolute Gasteiger partial charge is 0.384 e. The van der Waals surface area contributed by atoms with E-state index < -0.39 is 17.6 Å². The van der Waals surface area contributed by atoms with Crippen molar-refractivity contribution in [2.75, 3.05) is 42.7 Å². The molecular formula is C27H27F3N8O2. The number of benzene rings is 2. The standard InChI is InChI=1S/C27H27F3N8O2/c1-17-2-3-21(13-22(17)36-26-32-4-5-38(26)24-14-23(31)33-16-34-24)35-25(39)19-10-18(11-20(12-19)27(28,29)30)15-37-6-8-40-9-7-37/h2-5,10-14,16H,6-9,15H2,1H3,(H,32,36)(H,35,39)(H2,31,33,34). The second kappa shape index (κ2) is 11.3. The van der Waals surface area contributed by atoms with Crippen molar-refractivity contribution in [1.82, 2.24) is 24.4 Å². The first-order valence-electron chi connectivity index (χ1n) is 12.5.